The fourth-order valence-corrected chi connectivity index (χ4v) is 2.56. The van der Waals surface area contributed by atoms with E-state index in [1.807, 2.05) is 18.3 Å². The van der Waals surface area contributed by atoms with Crippen LogP contribution < -0.4 is 0 Å². The number of hydrogen-bond acceptors (Lipinski definition) is 4. The summed E-state index contributed by atoms with van der Waals surface area (Å²) in [7, 11) is 0. The van der Waals surface area contributed by atoms with E-state index in [-0.39, 0.29) is 12.5 Å². The largest absolute Gasteiger partial charge is 0.439 e. The number of hydrogen-bond donors (Lipinski definition) is 0. The molecule has 110 valence electrons. The van der Waals surface area contributed by atoms with Gasteiger partial charge in [-0.25, -0.2) is 14.7 Å². The Morgan fingerprint density at radius 3 is 2.90 bits per heavy atom. The van der Waals surface area contributed by atoms with Gasteiger partial charge in [-0.1, -0.05) is 12.5 Å². The summed E-state index contributed by atoms with van der Waals surface area (Å²) in [5.74, 6) is -0.233. The molecule has 1 fully saturated rings. The molecule has 0 unspecified atom stereocenters. The lowest BCUT2D eigenvalue weighted by Gasteiger charge is -2.10. The van der Waals surface area contributed by atoms with Crippen molar-refractivity contribution in [2.24, 2.45) is 0 Å². The van der Waals surface area contributed by atoms with Crippen molar-refractivity contribution in [3.05, 3.63) is 36.3 Å². The molecule has 1 saturated heterocycles. The average Bonchev–Trinajstić information content (AvgIpc) is 3.08. The first-order valence-electron chi connectivity index (χ1n) is 7.14. The van der Waals surface area contributed by atoms with Crippen LogP contribution in [-0.2, 0) is 16.0 Å². The smallest absolute Gasteiger partial charge is 0.417 e. The van der Waals surface area contributed by atoms with Gasteiger partial charge >= 0.3 is 6.09 Å². The number of carbonyl (C=O) groups is 2. The lowest BCUT2D eigenvalue weighted by atomic mass is 10.1. The minimum atomic E-state index is -0.511. The molecule has 6 nitrogen and oxygen atoms in total. The van der Waals surface area contributed by atoms with Crippen LogP contribution >= 0.6 is 0 Å². The van der Waals surface area contributed by atoms with Crippen molar-refractivity contribution in [2.45, 2.75) is 25.7 Å². The summed E-state index contributed by atoms with van der Waals surface area (Å²) < 4.78 is 6.76. The van der Waals surface area contributed by atoms with Gasteiger partial charge in [-0.3, -0.25) is 4.79 Å². The molecule has 2 aromatic rings. The molecule has 0 N–H and O–H groups in total. The number of cyclic esters (lactones) is 1. The molecular weight excluding hydrogens is 270 g/mol. The van der Waals surface area contributed by atoms with Gasteiger partial charge in [0.25, 0.3) is 5.91 Å². The molecule has 0 radical (unpaired) electrons. The van der Waals surface area contributed by atoms with Gasteiger partial charge in [0.1, 0.15) is 5.65 Å². The van der Waals surface area contributed by atoms with Gasteiger partial charge in [0.15, 0.2) is 6.61 Å². The van der Waals surface area contributed by atoms with E-state index in [0.29, 0.717) is 6.54 Å². The third-order valence-corrected chi connectivity index (χ3v) is 3.67. The van der Waals surface area contributed by atoms with E-state index >= 15 is 0 Å². The Morgan fingerprint density at radius 2 is 2.10 bits per heavy atom. The van der Waals surface area contributed by atoms with E-state index in [1.54, 1.807) is 6.20 Å². The summed E-state index contributed by atoms with van der Waals surface area (Å²) >= 11 is 0. The van der Waals surface area contributed by atoms with E-state index in [2.05, 4.69) is 20.2 Å². The highest BCUT2D eigenvalue weighted by Gasteiger charge is 2.29. The first-order valence-corrected chi connectivity index (χ1v) is 7.14. The Kier molecular flexibility index (Phi) is 3.85. The van der Waals surface area contributed by atoms with Gasteiger partial charge in [-0.05, 0) is 31.4 Å². The average molecular weight is 287 g/mol. The van der Waals surface area contributed by atoms with Gasteiger partial charge < -0.3 is 9.14 Å². The molecule has 6 heteroatoms. The fourth-order valence-electron chi connectivity index (χ4n) is 2.56. The minimum absolute atomic E-state index is 0.110. The number of amides is 2. The fraction of sp³-hybridized carbons (Fsp3) is 0.400. The first-order chi connectivity index (χ1) is 10.3. The molecule has 1 aliphatic heterocycles. The van der Waals surface area contributed by atoms with Gasteiger partial charge in [-0.2, -0.15) is 0 Å². The summed E-state index contributed by atoms with van der Waals surface area (Å²) in [6.45, 7) is 0.342. The number of unbranched alkanes of at least 4 members (excludes halogenated alkanes) is 2. The number of fused-ring (bicyclic) bond motifs is 1. The number of nitrogens with zero attached hydrogens (tertiary/aromatic N) is 3. The molecule has 0 bridgehead atoms. The Labute approximate surface area is 122 Å². The van der Waals surface area contributed by atoms with Crippen molar-refractivity contribution in [2.75, 3.05) is 13.2 Å². The number of imide groups is 1. The second-order valence-electron chi connectivity index (χ2n) is 5.08. The van der Waals surface area contributed by atoms with Gasteiger partial charge in [-0.15, -0.1) is 0 Å². The van der Waals surface area contributed by atoms with Crippen molar-refractivity contribution in [3.8, 4) is 0 Å². The second kappa shape index (κ2) is 5.95. The molecule has 1 aliphatic rings. The monoisotopic (exact) mass is 287 g/mol. The zero-order chi connectivity index (χ0) is 14.7. The zero-order valence-corrected chi connectivity index (χ0v) is 11.7. The molecule has 3 heterocycles. The van der Waals surface area contributed by atoms with Gasteiger partial charge in [0.05, 0.1) is 0 Å². The molecule has 2 amide bonds. The SMILES string of the molecule is O=C1COC(=O)N1CCCCCc1cccc2nccn12. The Balaban J connectivity index is 1.45. The number of carbonyl (C=O) groups excluding carboxylic acids is 2. The first kappa shape index (κ1) is 13.6. The molecular formula is C15H17N3O3. The highest BCUT2D eigenvalue weighted by molar-refractivity contribution is 5.97. The molecule has 0 aliphatic carbocycles. The minimum Gasteiger partial charge on any atom is -0.439 e. The Bertz CT molecular complexity index is 649. The van der Waals surface area contributed by atoms with Crippen molar-refractivity contribution in [1.82, 2.24) is 14.3 Å². The van der Waals surface area contributed by atoms with Gasteiger partial charge in [0.2, 0.25) is 0 Å². The number of aryl methyl sites for hydroxylation is 1. The molecule has 3 rings (SSSR count). The molecule has 0 saturated carbocycles. The number of ether oxygens (including phenoxy) is 1. The maximum atomic E-state index is 11.4. The van der Waals surface area contributed by atoms with Crippen LogP contribution in [-0.4, -0.2) is 39.4 Å². The Morgan fingerprint density at radius 1 is 1.19 bits per heavy atom. The van der Waals surface area contributed by atoms with Crippen LogP contribution in [0.2, 0.25) is 0 Å². The lowest BCUT2D eigenvalue weighted by Crippen LogP contribution is -2.29. The molecule has 2 aromatic heterocycles. The number of pyridine rings is 1. The summed E-state index contributed by atoms with van der Waals surface area (Å²) in [6, 6.07) is 6.08. The highest BCUT2D eigenvalue weighted by Crippen LogP contribution is 2.12. The van der Waals surface area contributed by atoms with Crippen LogP contribution in [0.25, 0.3) is 5.65 Å². The molecule has 0 aromatic carbocycles. The maximum absolute atomic E-state index is 11.4. The molecule has 21 heavy (non-hydrogen) atoms. The lowest BCUT2D eigenvalue weighted by molar-refractivity contribution is -0.125. The third-order valence-electron chi connectivity index (χ3n) is 3.67. The molecule has 0 atom stereocenters. The number of imidazole rings is 1. The van der Waals surface area contributed by atoms with Crippen molar-refractivity contribution in [3.63, 3.8) is 0 Å². The maximum Gasteiger partial charge on any atom is 0.417 e. The van der Waals surface area contributed by atoms with E-state index in [0.717, 1.165) is 31.3 Å². The zero-order valence-electron chi connectivity index (χ0n) is 11.7. The summed E-state index contributed by atoms with van der Waals surface area (Å²) in [6.07, 6.45) is 6.97. The molecule has 0 spiro atoms. The van der Waals surface area contributed by atoms with Crippen molar-refractivity contribution < 1.29 is 14.3 Å². The second-order valence-corrected chi connectivity index (χ2v) is 5.08. The van der Waals surface area contributed by atoms with Crippen molar-refractivity contribution in [1.29, 1.82) is 0 Å². The third kappa shape index (κ3) is 2.89. The summed E-state index contributed by atoms with van der Waals surface area (Å²) in [5, 5.41) is 0. The van der Waals surface area contributed by atoms with E-state index < -0.39 is 6.09 Å². The summed E-state index contributed by atoms with van der Waals surface area (Å²) in [4.78, 5) is 28.1. The predicted molar refractivity (Wildman–Crippen MR) is 75.8 cm³/mol. The predicted octanol–water partition coefficient (Wildman–Crippen LogP) is 2.03. The van der Waals surface area contributed by atoms with Crippen LogP contribution in [0.5, 0.6) is 0 Å². The quantitative estimate of drug-likeness (QED) is 0.763. The number of rotatable bonds is 6. The standard InChI is InChI=1S/C15H17N3O3/c19-14-11-21-15(20)18(14)9-3-1-2-5-12-6-4-7-13-16-8-10-17(12)13/h4,6-8,10H,1-3,5,9,11H2. The Hall–Kier alpha value is -2.37. The van der Waals surface area contributed by atoms with E-state index in [9.17, 15) is 9.59 Å². The van der Waals surface area contributed by atoms with Crippen LogP contribution in [0.1, 0.15) is 25.0 Å². The van der Waals surface area contributed by atoms with E-state index in [1.165, 1.54) is 10.6 Å². The van der Waals surface area contributed by atoms with Gasteiger partial charge in [0, 0.05) is 24.6 Å². The van der Waals surface area contributed by atoms with Crippen LogP contribution in [0.15, 0.2) is 30.6 Å². The van der Waals surface area contributed by atoms with Crippen molar-refractivity contribution >= 4 is 17.6 Å². The summed E-state index contributed by atoms with van der Waals surface area (Å²) in [5.41, 5.74) is 2.18. The number of aromatic nitrogens is 2. The topological polar surface area (TPSA) is 63.9 Å². The van der Waals surface area contributed by atoms with E-state index in [4.69, 9.17) is 0 Å². The van der Waals surface area contributed by atoms with Crippen LogP contribution in [0, 0.1) is 0 Å². The normalized spacial score (nSPS) is 15.0. The van der Waals surface area contributed by atoms with Crippen LogP contribution in [0.3, 0.4) is 0 Å². The van der Waals surface area contributed by atoms with Crippen LogP contribution in [0.4, 0.5) is 4.79 Å². The highest BCUT2D eigenvalue weighted by atomic mass is 16.6.